The van der Waals surface area contributed by atoms with Gasteiger partial charge in [-0.25, -0.2) is 0 Å². The third-order valence-corrected chi connectivity index (χ3v) is 5.52. The van der Waals surface area contributed by atoms with Crippen molar-refractivity contribution >= 4 is 5.78 Å². The van der Waals surface area contributed by atoms with Gasteiger partial charge in [0.25, 0.3) is 0 Å². The van der Waals surface area contributed by atoms with Gasteiger partial charge in [-0.2, -0.15) is 0 Å². The second-order valence-corrected chi connectivity index (χ2v) is 8.24. The maximum Gasteiger partial charge on any atom is 0.139 e. The van der Waals surface area contributed by atoms with Gasteiger partial charge in [0.1, 0.15) is 5.78 Å². The Morgan fingerprint density at radius 1 is 0.857 bits per heavy atom. The lowest BCUT2D eigenvalue weighted by Crippen LogP contribution is -2.46. The molecule has 0 aliphatic heterocycles. The molecule has 0 N–H and O–H groups in total. The van der Waals surface area contributed by atoms with E-state index < -0.39 is 0 Å². The molecule has 0 unspecified atom stereocenters. The van der Waals surface area contributed by atoms with E-state index in [1.54, 1.807) is 0 Å². The molecule has 2 heteroatoms. The number of nitrogens with zero attached hydrogens (tertiary/aromatic N) is 1. The van der Waals surface area contributed by atoms with Crippen LogP contribution in [-0.4, -0.2) is 29.3 Å². The van der Waals surface area contributed by atoms with Crippen molar-refractivity contribution in [2.24, 2.45) is 5.41 Å². The third-order valence-electron chi connectivity index (χ3n) is 5.52. The molecule has 0 aromatic rings. The summed E-state index contributed by atoms with van der Waals surface area (Å²) < 4.78 is 0. The van der Waals surface area contributed by atoms with Crippen molar-refractivity contribution in [3.63, 3.8) is 0 Å². The largest absolute Gasteiger partial charge is 0.299 e. The minimum Gasteiger partial charge on any atom is -0.299 e. The third kappa shape index (κ3) is 5.09. The number of carbonyl (C=O) groups is 1. The summed E-state index contributed by atoms with van der Waals surface area (Å²) in [5.74, 6) is 0.430. The molecule has 2 nitrogen and oxygen atoms in total. The molecule has 122 valence electrons. The zero-order valence-electron chi connectivity index (χ0n) is 14.5. The molecule has 0 aromatic heterocycles. The molecular weight excluding hydrogens is 258 g/mol. The van der Waals surface area contributed by atoms with E-state index in [0.717, 1.165) is 25.0 Å². The van der Waals surface area contributed by atoms with Gasteiger partial charge in [-0.15, -0.1) is 0 Å². The normalized spacial score (nSPS) is 22.7. The maximum atomic E-state index is 12.3. The monoisotopic (exact) mass is 293 g/mol. The van der Waals surface area contributed by atoms with Crippen molar-refractivity contribution in [3.05, 3.63) is 0 Å². The van der Waals surface area contributed by atoms with Gasteiger partial charge >= 0.3 is 0 Å². The molecule has 21 heavy (non-hydrogen) atoms. The highest BCUT2D eigenvalue weighted by molar-refractivity contribution is 5.83. The molecule has 0 aromatic carbocycles. The van der Waals surface area contributed by atoms with Gasteiger partial charge in [-0.05, 0) is 25.7 Å². The molecule has 0 heterocycles. The number of ketones is 1. The van der Waals surface area contributed by atoms with Crippen molar-refractivity contribution in [1.29, 1.82) is 0 Å². The maximum absolute atomic E-state index is 12.3. The van der Waals surface area contributed by atoms with Gasteiger partial charge in [0.2, 0.25) is 0 Å². The Balaban J connectivity index is 1.95. The van der Waals surface area contributed by atoms with Crippen molar-refractivity contribution in [1.82, 2.24) is 4.90 Å². The molecular formula is C19H35NO. The minimum atomic E-state index is -0.176. The SMILES string of the molecule is CC(C)(C)C(=O)CCN(C1CCCCC1)C1CCCCC1. The predicted octanol–water partition coefficient (Wildman–Crippen LogP) is 4.96. The lowest BCUT2D eigenvalue weighted by Gasteiger charge is -2.42. The highest BCUT2D eigenvalue weighted by Crippen LogP contribution is 2.30. The Hall–Kier alpha value is -0.370. The number of rotatable bonds is 5. The quantitative estimate of drug-likeness (QED) is 0.714. The van der Waals surface area contributed by atoms with Crippen molar-refractivity contribution in [2.45, 2.75) is 103 Å². The molecule has 2 rings (SSSR count). The molecule has 2 fully saturated rings. The van der Waals surface area contributed by atoms with Crippen LogP contribution < -0.4 is 0 Å². The van der Waals surface area contributed by atoms with Crippen LogP contribution in [0.3, 0.4) is 0 Å². The zero-order chi connectivity index (χ0) is 15.3. The number of hydrogen-bond acceptors (Lipinski definition) is 2. The molecule has 2 aliphatic rings. The Morgan fingerprint density at radius 2 is 1.29 bits per heavy atom. The highest BCUT2D eigenvalue weighted by atomic mass is 16.1. The fourth-order valence-corrected chi connectivity index (χ4v) is 4.09. The first-order valence-electron chi connectivity index (χ1n) is 9.27. The number of hydrogen-bond donors (Lipinski definition) is 0. The van der Waals surface area contributed by atoms with E-state index in [-0.39, 0.29) is 5.41 Å². The fourth-order valence-electron chi connectivity index (χ4n) is 4.09. The molecule has 0 radical (unpaired) electrons. The van der Waals surface area contributed by atoms with E-state index in [4.69, 9.17) is 0 Å². The second-order valence-electron chi connectivity index (χ2n) is 8.24. The highest BCUT2D eigenvalue weighted by Gasteiger charge is 2.30. The van der Waals surface area contributed by atoms with E-state index in [0.29, 0.717) is 5.78 Å². The van der Waals surface area contributed by atoms with Gasteiger partial charge in [-0.1, -0.05) is 59.3 Å². The summed E-state index contributed by atoms with van der Waals surface area (Å²) in [4.78, 5) is 15.1. The molecule has 0 amide bonds. The Bertz CT molecular complexity index is 301. The summed E-state index contributed by atoms with van der Waals surface area (Å²) in [6.45, 7) is 7.17. The van der Waals surface area contributed by atoms with E-state index >= 15 is 0 Å². The topological polar surface area (TPSA) is 20.3 Å². The lowest BCUT2D eigenvalue weighted by atomic mass is 9.86. The summed E-state index contributed by atoms with van der Waals surface area (Å²) in [6.07, 6.45) is 14.6. The van der Waals surface area contributed by atoms with Crippen LogP contribution in [0, 0.1) is 5.41 Å². The Labute approximate surface area is 131 Å². The van der Waals surface area contributed by atoms with Crippen molar-refractivity contribution < 1.29 is 4.79 Å². The lowest BCUT2D eigenvalue weighted by molar-refractivity contribution is -0.127. The van der Waals surface area contributed by atoms with Crippen LogP contribution in [0.2, 0.25) is 0 Å². The van der Waals surface area contributed by atoms with E-state index in [1.165, 1.54) is 64.2 Å². The second kappa shape index (κ2) is 7.76. The van der Waals surface area contributed by atoms with E-state index in [2.05, 4.69) is 25.7 Å². The van der Waals surface area contributed by atoms with Gasteiger partial charge in [0.05, 0.1) is 0 Å². The van der Waals surface area contributed by atoms with Crippen LogP contribution in [0.25, 0.3) is 0 Å². The van der Waals surface area contributed by atoms with Crippen LogP contribution in [0.4, 0.5) is 0 Å². The van der Waals surface area contributed by atoms with Gasteiger partial charge in [-0.3, -0.25) is 9.69 Å². The van der Waals surface area contributed by atoms with Gasteiger partial charge < -0.3 is 0 Å². The number of carbonyl (C=O) groups excluding carboxylic acids is 1. The predicted molar refractivity (Wildman–Crippen MR) is 89.5 cm³/mol. The smallest absolute Gasteiger partial charge is 0.139 e. The summed E-state index contributed by atoms with van der Waals surface area (Å²) in [7, 11) is 0. The first-order chi connectivity index (χ1) is 9.98. The summed E-state index contributed by atoms with van der Waals surface area (Å²) in [5.41, 5.74) is -0.176. The summed E-state index contributed by atoms with van der Waals surface area (Å²) >= 11 is 0. The number of Topliss-reactive ketones (excluding diaryl/α,β-unsaturated/α-hetero) is 1. The fraction of sp³-hybridized carbons (Fsp3) is 0.947. The van der Waals surface area contributed by atoms with Gasteiger partial charge in [0.15, 0.2) is 0 Å². The average molecular weight is 293 g/mol. The van der Waals surface area contributed by atoms with Crippen molar-refractivity contribution in [2.75, 3.05) is 6.54 Å². The van der Waals surface area contributed by atoms with Crippen LogP contribution in [-0.2, 0) is 4.79 Å². The minimum absolute atomic E-state index is 0.176. The van der Waals surface area contributed by atoms with Gasteiger partial charge in [0, 0.05) is 30.5 Å². The molecule has 2 saturated carbocycles. The summed E-state index contributed by atoms with van der Waals surface area (Å²) in [5, 5.41) is 0. The van der Waals surface area contributed by atoms with Crippen LogP contribution >= 0.6 is 0 Å². The van der Waals surface area contributed by atoms with Crippen LogP contribution in [0.1, 0.15) is 91.4 Å². The molecule has 0 atom stereocenters. The molecule has 2 aliphatic carbocycles. The first-order valence-corrected chi connectivity index (χ1v) is 9.27. The standard InChI is InChI=1S/C19H35NO/c1-19(2,3)18(21)14-15-20(16-10-6-4-7-11-16)17-12-8-5-9-13-17/h16-17H,4-15H2,1-3H3. The Morgan fingerprint density at radius 3 is 1.67 bits per heavy atom. The van der Waals surface area contributed by atoms with Crippen molar-refractivity contribution in [3.8, 4) is 0 Å². The van der Waals surface area contributed by atoms with Crippen LogP contribution in [0.15, 0.2) is 0 Å². The first kappa shape index (κ1) is 17.0. The molecule has 0 spiro atoms. The Kier molecular flexibility index (Phi) is 6.28. The van der Waals surface area contributed by atoms with E-state index in [1.807, 2.05) is 0 Å². The molecule has 0 bridgehead atoms. The molecule has 0 saturated heterocycles. The average Bonchev–Trinajstić information content (AvgIpc) is 2.48. The van der Waals surface area contributed by atoms with E-state index in [9.17, 15) is 4.79 Å². The summed E-state index contributed by atoms with van der Waals surface area (Å²) in [6, 6.07) is 1.52. The zero-order valence-corrected chi connectivity index (χ0v) is 14.5. The van der Waals surface area contributed by atoms with Crippen LogP contribution in [0.5, 0.6) is 0 Å².